The van der Waals surface area contributed by atoms with Crippen LogP contribution >= 0.6 is 11.3 Å². The fourth-order valence-corrected chi connectivity index (χ4v) is 2.69. The lowest BCUT2D eigenvalue weighted by atomic mass is 10.0. The van der Waals surface area contributed by atoms with Gasteiger partial charge in [-0.2, -0.15) is 0 Å². The fourth-order valence-electron chi connectivity index (χ4n) is 2.05. The third-order valence-electron chi connectivity index (χ3n) is 2.92. The van der Waals surface area contributed by atoms with Gasteiger partial charge in [-0.1, -0.05) is 12.8 Å². The molecule has 84 valence electrons. The maximum Gasteiger partial charge on any atom is 0.112 e. The highest BCUT2D eigenvalue weighted by atomic mass is 32.1. The smallest absolute Gasteiger partial charge is 0.112 e. The summed E-state index contributed by atoms with van der Waals surface area (Å²) < 4.78 is 0. The first-order chi connectivity index (χ1) is 7.27. The van der Waals surface area contributed by atoms with Gasteiger partial charge in [0, 0.05) is 11.4 Å². The number of hydrogen-bond acceptors (Lipinski definition) is 4. The van der Waals surface area contributed by atoms with Crippen LogP contribution in [0.5, 0.6) is 0 Å². The monoisotopic (exact) mass is 226 g/mol. The molecule has 0 amide bonds. The van der Waals surface area contributed by atoms with E-state index in [9.17, 15) is 5.11 Å². The van der Waals surface area contributed by atoms with Gasteiger partial charge in [0.1, 0.15) is 6.10 Å². The second-order valence-electron chi connectivity index (χ2n) is 4.15. The number of thiazole rings is 1. The fraction of sp³-hybridized carbons (Fsp3) is 0.727. The second-order valence-corrected chi connectivity index (χ2v) is 5.21. The number of nitrogens with one attached hydrogen (secondary N) is 1. The van der Waals surface area contributed by atoms with Gasteiger partial charge in [-0.3, -0.25) is 0 Å². The molecule has 1 aromatic heterocycles. The topological polar surface area (TPSA) is 45.2 Å². The molecule has 2 atom stereocenters. The first kappa shape index (κ1) is 11.0. The molecule has 2 heterocycles. The minimum Gasteiger partial charge on any atom is -0.385 e. The molecule has 1 aliphatic heterocycles. The molecule has 4 heteroatoms. The van der Waals surface area contributed by atoms with E-state index in [0.29, 0.717) is 0 Å². The van der Waals surface area contributed by atoms with Gasteiger partial charge in [-0.15, -0.1) is 11.3 Å². The maximum atomic E-state index is 10.2. The molecular weight excluding hydrogens is 208 g/mol. The highest BCUT2D eigenvalue weighted by molar-refractivity contribution is 7.09. The Labute approximate surface area is 94.5 Å². The van der Waals surface area contributed by atoms with Crippen LogP contribution in [0.2, 0.25) is 0 Å². The van der Waals surface area contributed by atoms with Gasteiger partial charge in [-0.25, -0.2) is 4.98 Å². The summed E-state index contributed by atoms with van der Waals surface area (Å²) in [5, 5.41) is 16.6. The van der Waals surface area contributed by atoms with E-state index < -0.39 is 6.10 Å². The van der Waals surface area contributed by atoms with E-state index in [1.165, 1.54) is 19.3 Å². The summed E-state index contributed by atoms with van der Waals surface area (Å²) in [4.78, 5) is 4.34. The van der Waals surface area contributed by atoms with Gasteiger partial charge in [-0.05, 0) is 26.3 Å². The summed E-state index contributed by atoms with van der Waals surface area (Å²) in [6.45, 7) is 2.99. The highest BCUT2D eigenvalue weighted by Gasteiger charge is 2.23. The second kappa shape index (κ2) is 5.05. The van der Waals surface area contributed by atoms with Crippen molar-refractivity contribution in [3.05, 3.63) is 16.1 Å². The Morgan fingerprint density at radius 2 is 2.40 bits per heavy atom. The standard InChI is InChI=1S/C11H18N2OS/c1-8-13-10(7-15-8)11(14)9-5-3-2-4-6-12-9/h7,9,11-12,14H,2-6H2,1H3. The first-order valence-electron chi connectivity index (χ1n) is 5.61. The van der Waals surface area contributed by atoms with E-state index in [-0.39, 0.29) is 6.04 Å². The molecule has 0 saturated carbocycles. The van der Waals surface area contributed by atoms with Crippen LogP contribution in [0.15, 0.2) is 5.38 Å². The number of aryl methyl sites for hydroxylation is 1. The average Bonchev–Trinajstić information content (AvgIpc) is 2.53. The van der Waals surface area contributed by atoms with Crippen LogP contribution in [-0.4, -0.2) is 22.7 Å². The number of nitrogens with zero attached hydrogens (tertiary/aromatic N) is 1. The van der Waals surface area contributed by atoms with Crippen molar-refractivity contribution in [2.75, 3.05) is 6.54 Å². The van der Waals surface area contributed by atoms with Crippen molar-refractivity contribution in [3.63, 3.8) is 0 Å². The zero-order chi connectivity index (χ0) is 10.7. The minimum atomic E-state index is -0.437. The Balaban J connectivity index is 2.02. The van der Waals surface area contributed by atoms with E-state index in [4.69, 9.17) is 0 Å². The normalized spacial score (nSPS) is 24.8. The Kier molecular flexibility index (Phi) is 3.72. The van der Waals surface area contributed by atoms with Crippen LogP contribution in [0.4, 0.5) is 0 Å². The van der Waals surface area contributed by atoms with Crippen LogP contribution in [0.1, 0.15) is 42.5 Å². The van der Waals surface area contributed by atoms with E-state index in [2.05, 4.69) is 10.3 Å². The van der Waals surface area contributed by atoms with Gasteiger partial charge in [0.2, 0.25) is 0 Å². The van der Waals surface area contributed by atoms with Crippen molar-refractivity contribution >= 4 is 11.3 Å². The third-order valence-corrected chi connectivity index (χ3v) is 3.71. The van der Waals surface area contributed by atoms with Crippen LogP contribution < -0.4 is 5.32 Å². The molecule has 0 aromatic carbocycles. The average molecular weight is 226 g/mol. The lowest BCUT2D eigenvalue weighted by Gasteiger charge is -2.20. The zero-order valence-electron chi connectivity index (χ0n) is 9.07. The van der Waals surface area contributed by atoms with E-state index in [1.54, 1.807) is 11.3 Å². The predicted molar refractivity (Wildman–Crippen MR) is 62.1 cm³/mol. The van der Waals surface area contributed by atoms with Crippen LogP contribution in [0.25, 0.3) is 0 Å². The molecule has 0 aliphatic carbocycles. The van der Waals surface area contributed by atoms with Gasteiger partial charge in [0.05, 0.1) is 10.7 Å². The molecule has 1 aromatic rings. The maximum absolute atomic E-state index is 10.2. The number of hydrogen-bond donors (Lipinski definition) is 2. The molecule has 2 N–H and O–H groups in total. The molecule has 1 fully saturated rings. The highest BCUT2D eigenvalue weighted by Crippen LogP contribution is 2.23. The number of aromatic nitrogens is 1. The largest absolute Gasteiger partial charge is 0.385 e. The first-order valence-corrected chi connectivity index (χ1v) is 6.49. The van der Waals surface area contributed by atoms with Gasteiger partial charge < -0.3 is 10.4 Å². The lowest BCUT2D eigenvalue weighted by Crippen LogP contribution is -2.34. The summed E-state index contributed by atoms with van der Waals surface area (Å²) in [5.74, 6) is 0. The van der Waals surface area contributed by atoms with Crippen LogP contribution in [-0.2, 0) is 0 Å². The van der Waals surface area contributed by atoms with E-state index in [1.807, 2.05) is 12.3 Å². The molecule has 1 saturated heterocycles. The summed E-state index contributed by atoms with van der Waals surface area (Å²) in [6.07, 6.45) is 4.31. The zero-order valence-corrected chi connectivity index (χ0v) is 9.89. The lowest BCUT2D eigenvalue weighted by molar-refractivity contribution is 0.122. The van der Waals surface area contributed by atoms with Crippen molar-refractivity contribution in [2.24, 2.45) is 0 Å². The van der Waals surface area contributed by atoms with E-state index >= 15 is 0 Å². The van der Waals surface area contributed by atoms with Crippen molar-refractivity contribution in [1.29, 1.82) is 0 Å². The molecule has 2 unspecified atom stereocenters. The Hall–Kier alpha value is -0.450. The van der Waals surface area contributed by atoms with E-state index in [0.717, 1.165) is 23.7 Å². The van der Waals surface area contributed by atoms with Crippen molar-refractivity contribution in [3.8, 4) is 0 Å². The Morgan fingerprint density at radius 3 is 3.13 bits per heavy atom. The molecular formula is C11H18N2OS. The molecule has 0 radical (unpaired) electrons. The molecule has 3 nitrogen and oxygen atoms in total. The number of rotatable bonds is 2. The van der Waals surface area contributed by atoms with Crippen molar-refractivity contribution in [1.82, 2.24) is 10.3 Å². The third kappa shape index (κ3) is 2.77. The molecule has 0 spiro atoms. The summed E-state index contributed by atoms with van der Waals surface area (Å²) in [7, 11) is 0. The molecule has 1 aliphatic rings. The van der Waals surface area contributed by atoms with Crippen molar-refractivity contribution in [2.45, 2.75) is 44.8 Å². The molecule has 2 rings (SSSR count). The van der Waals surface area contributed by atoms with Crippen LogP contribution in [0, 0.1) is 6.92 Å². The van der Waals surface area contributed by atoms with Gasteiger partial charge in [0.25, 0.3) is 0 Å². The van der Waals surface area contributed by atoms with Gasteiger partial charge in [0.15, 0.2) is 0 Å². The SMILES string of the molecule is Cc1nc(C(O)C2CCCCCN2)cs1. The van der Waals surface area contributed by atoms with Crippen LogP contribution in [0.3, 0.4) is 0 Å². The number of aliphatic hydroxyl groups is 1. The predicted octanol–water partition coefficient (Wildman–Crippen LogP) is 2.02. The van der Waals surface area contributed by atoms with Crippen molar-refractivity contribution < 1.29 is 5.11 Å². The molecule has 15 heavy (non-hydrogen) atoms. The summed E-state index contributed by atoms with van der Waals surface area (Å²) in [6, 6.07) is 0.189. The molecule has 0 bridgehead atoms. The Bertz CT molecular complexity index is 305. The number of aliphatic hydroxyl groups excluding tert-OH is 1. The Morgan fingerprint density at radius 1 is 1.53 bits per heavy atom. The van der Waals surface area contributed by atoms with Gasteiger partial charge >= 0.3 is 0 Å². The minimum absolute atomic E-state index is 0.189. The summed E-state index contributed by atoms with van der Waals surface area (Å²) >= 11 is 1.60. The summed E-state index contributed by atoms with van der Waals surface area (Å²) in [5.41, 5.74) is 0.830. The quantitative estimate of drug-likeness (QED) is 0.811.